The van der Waals surface area contributed by atoms with Gasteiger partial charge >= 0.3 is 0 Å². The lowest BCUT2D eigenvalue weighted by Gasteiger charge is -2.41. The lowest BCUT2D eigenvalue weighted by Crippen LogP contribution is -2.55. The van der Waals surface area contributed by atoms with Crippen molar-refractivity contribution in [2.24, 2.45) is 11.8 Å². The highest BCUT2D eigenvalue weighted by atomic mass is 16.2. The van der Waals surface area contributed by atoms with Crippen molar-refractivity contribution < 1.29 is 9.59 Å². The molecule has 5 heteroatoms. The first kappa shape index (κ1) is 18.4. The van der Waals surface area contributed by atoms with E-state index in [1.165, 1.54) is 12.0 Å². The topological polar surface area (TPSA) is 70.2 Å². The highest BCUT2D eigenvalue weighted by Crippen LogP contribution is 2.41. The Kier molecular flexibility index (Phi) is 4.84. The number of nitrogens with one attached hydrogen (secondary N) is 3. The fourth-order valence-corrected chi connectivity index (χ4v) is 5.40. The Balaban J connectivity index is 1.28. The Morgan fingerprint density at radius 3 is 2.62 bits per heavy atom. The van der Waals surface area contributed by atoms with Gasteiger partial charge in [0.05, 0.1) is 12.0 Å². The summed E-state index contributed by atoms with van der Waals surface area (Å²) in [5.74, 6) is 0.582. The Morgan fingerprint density at radius 1 is 0.966 bits per heavy atom. The van der Waals surface area contributed by atoms with Crippen molar-refractivity contribution in [1.29, 1.82) is 0 Å². The predicted octanol–water partition coefficient (Wildman–Crippen LogP) is 3.84. The van der Waals surface area contributed by atoms with Crippen LogP contribution < -0.4 is 16.2 Å². The molecule has 4 unspecified atom stereocenters. The summed E-state index contributed by atoms with van der Waals surface area (Å²) in [6.07, 6.45) is 6.22. The Labute approximate surface area is 171 Å². The molecule has 0 radical (unpaired) electrons. The van der Waals surface area contributed by atoms with E-state index in [0.29, 0.717) is 5.92 Å². The van der Waals surface area contributed by atoms with E-state index in [1.807, 2.05) is 24.3 Å². The molecule has 3 aliphatic rings. The molecule has 0 spiro atoms. The molecule has 2 aromatic carbocycles. The van der Waals surface area contributed by atoms with E-state index in [-0.39, 0.29) is 29.7 Å². The molecule has 29 heavy (non-hydrogen) atoms. The molecule has 2 amide bonds. The third kappa shape index (κ3) is 3.44. The van der Waals surface area contributed by atoms with Gasteiger partial charge in [-0.25, -0.2) is 5.43 Å². The maximum Gasteiger partial charge on any atom is 0.237 e. The lowest BCUT2D eigenvalue weighted by molar-refractivity contribution is -0.133. The molecule has 2 fully saturated rings. The van der Waals surface area contributed by atoms with Crippen molar-refractivity contribution in [3.63, 3.8) is 0 Å². The molecule has 1 aliphatic heterocycles. The summed E-state index contributed by atoms with van der Waals surface area (Å²) in [5.41, 5.74) is 10.5. The normalized spacial score (nSPS) is 28.2. The van der Waals surface area contributed by atoms with Crippen LogP contribution in [0.15, 0.2) is 48.5 Å². The first-order chi connectivity index (χ1) is 14.2. The number of carbonyl (C=O) groups is 2. The van der Waals surface area contributed by atoms with Crippen molar-refractivity contribution in [2.45, 2.75) is 50.5 Å². The second-order valence-corrected chi connectivity index (χ2v) is 8.57. The van der Waals surface area contributed by atoms with Crippen LogP contribution in [0.5, 0.6) is 0 Å². The standard InChI is InChI=1S/C24H27N3O2/c28-23(21-14-11-15-5-1-2-6-18(15)21)25-17-12-9-16(10-13-17)22-19-7-3-4-8-20(19)24(29)27-26-22/h1-2,5-6,9-10,12-13,19-22,26H,3-4,7-8,11,14H2,(H,25,28)(H,27,29). The highest BCUT2D eigenvalue weighted by Gasteiger charge is 2.40. The lowest BCUT2D eigenvalue weighted by atomic mass is 9.72. The summed E-state index contributed by atoms with van der Waals surface area (Å²) < 4.78 is 0. The van der Waals surface area contributed by atoms with E-state index in [0.717, 1.165) is 48.9 Å². The summed E-state index contributed by atoms with van der Waals surface area (Å²) in [7, 11) is 0. The van der Waals surface area contributed by atoms with Crippen LogP contribution in [0.1, 0.15) is 60.8 Å². The van der Waals surface area contributed by atoms with E-state index >= 15 is 0 Å². The number of benzene rings is 2. The molecule has 5 nitrogen and oxygen atoms in total. The smallest absolute Gasteiger partial charge is 0.237 e. The van der Waals surface area contributed by atoms with E-state index in [1.54, 1.807) is 0 Å². The van der Waals surface area contributed by atoms with Crippen LogP contribution in [-0.4, -0.2) is 11.8 Å². The van der Waals surface area contributed by atoms with E-state index in [9.17, 15) is 9.59 Å². The fourth-order valence-electron chi connectivity index (χ4n) is 5.40. The molecule has 0 aromatic heterocycles. The van der Waals surface area contributed by atoms with Crippen LogP contribution in [0.2, 0.25) is 0 Å². The van der Waals surface area contributed by atoms with E-state index in [2.05, 4.69) is 40.4 Å². The molecule has 0 bridgehead atoms. The highest BCUT2D eigenvalue weighted by molar-refractivity contribution is 5.96. The van der Waals surface area contributed by atoms with Crippen LogP contribution in [0, 0.1) is 11.8 Å². The molecule has 3 N–H and O–H groups in total. The Bertz CT molecular complexity index is 924. The van der Waals surface area contributed by atoms with Crippen molar-refractivity contribution in [3.8, 4) is 0 Å². The van der Waals surface area contributed by atoms with Crippen LogP contribution >= 0.6 is 0 Å². The molecular formula is C24H27N3O2. The maximum atomic E-state index is 12.8. The molecular weight excluding hydrogens is 362 g/mol. The largest absolute Gasteiger partial charge is 0.326 e. The third-order valence-electron chi connectivity index (χ3n) is 6.92. The third-order valence-corrected chi connectivity index (χ3v) is 6.92. The van der Waals surface area contributed by atoms with Gasteiger partial charge in [0.25, 0.3) is 0 Å². The Hall–Kier alpha value is -2.66. The van der Waals surface area contributed by atoms with Crippen molar-refractivity contribution >= 4 is 17.5 Å². The first-order valence-corrected chi connectivity index (χ1v) is 10.7. The zero-order valence-corrected chi connectivity index (χ0v) is 16.5. The van der Waals surface area contributed by atoms with Gasteiger partial charge in [-0.15, -0.1) is 0 Å². The van der Waals surface area contributed by atoms with E-state index in [4.69, 9.17) is 0 Å². The second-order valence-electron chi connectivity index (χ2n) is 8.57. The summed E-state index contributed by atoms with van der Waals surface area (Å²) in [5, 5.41) is 3.09. The number of hydrogen-bond donors (Lipinski definition) is 3. The zero-order valence-electron chi connectivity index (χ0n) is 16.5. The van der Waals surface area contributed by atoms with Crippen molar-refractivity contribution in [2.75, 3.05) is 5.32 Å². The predicted molar refractivity (Wildman–Crippen MR) is 112 cm³/mol. The summed E-state index contributed by atoms with van der Waals surface area (Å²) >= 11 is 0. The first-order valence-electron chi connectivity index (χ1n) is 10.7. The molecule has 2 aromatic rings. The van der Waals surface area contributed by atoms with Gasteiger partial charge in [-0.05, 0) is 60.4 Å². The number of rotatable bonds is 3. The minimum Gasteiger partial charge on any atom is -0.326 e. The average Bonchev–Trinajstić information content (AvgIpc) is 3.19. The van der Waals surface area contributed by atoms with Gasteiger partial charge in [-0.3, -0.25) is 15.0 Å². The van der Waals surface area contributed by atoms with Gasteiger partial charge in [0, 0.05) is 11.6 Å². The van der Waals surface area contributed by atoms with Gasteiger partial charge in [0.2, 0.25) is 11.8 Å². The minimum atomic E-state index is -0.0657. The number of hydrazine groups is 1. The van der Waals surface area contributed by atoms with Crippen molar-refractivity contribution in [3.05, 3.63) is 65.2 Å². The Morgan fingerprint density at radius 2 is 1.76 bits per heavy atom. The quantitative estimate of drug-likeness (QED) is 0.747. The molecule has 1 heterocycles. The number of carbonyl (C=O) groups excluding carboxylic acids is 2. The van der Waals surface area contributed by atoms with Crippen LogP contribution in [0.3, 0.4) is 0 Å². The summed E-state index contributed by atoms with van der Waals surface area (Å²) in [6, 6.07) is 16.4. The monoisotopic (exact) mass is 389 g/mol. The number of hydrogen-bond acceptors (Lipinski definition) is 3. The number of amides is 2. The minimum absolute atomic E-state index is 0.0657. The van der Waals surface area contributed by atoms with Crippen LogP contribution in [0.25, 0.3) is 0 Å². The van der Waals surface area contributed by atoms with Gasteiger partial charge < -0.3 is 5.32 Å². The molecule has 1 saturated carbocycles. The molecule has 150 valence electrons. The van der Waals surface area contributed by atoms with Gasteiger partial charge in [0.1, 0.15) is 0 Å². The molecule has 5 rings (SSSR count). The van der Waals surface area contributed by atoms with E-state index < -0.39 is 0 Å². The fraction of sp³-hybridized carbons (Fsp3) is 0.417. The SMILES string of the molecule is O=C(Nc1ccc(C2NNC(=O)C3CCCCC32)cc1)C1CCc2ccccc21. The van der Waals surface area contributed by atoms with Gasteiger partial charge in [-0.1, -0.05) is 49.2 Å². The van der Waals surface area contributed by atoms with Crippen LogP contribution in [-0.2, 0) is 16.0 Å². The molecule has 2 aliphatic carbocycles. The van der Waals surface area contributed by atoms with Crippen molar-refractivity contribution in [1.82, 2.24) is 10.9 Å². The average molecular weight is 389 g/mol. The maximum absolute atomic E-state index is 12.8. The second kappa shape index (κ2) is 7.64. The van der Waals surface area contributed by atoms with Gasteiger partial charge in [-0.2, -0.15) is 0 Å². The zero-order chi connectivity index (χ0) is 19.8. The van der Waals surface area contributed by atoms with Crippen LogP contribution in [0.4, 0.5) is 5.69 Å². The summed E-state index contributed by atoms with van der Waals surface area (Å²) in [4.78, 5) is 25.0. The number of aryl methyl sites for hydroxylation is 1. The molecule has 1 saturated heterocycles. The summed E-state index contributed by atoms with van der Waals surface area (Å²) in [6.45, 7) is 0. The number of fused-ring (bicyclic) bond motifs is 2. The van der Waals surface area contributed by atoms with Gasteiger partial charge in [0.15, 0.2) is 0 Å². The molecule has 4 atom stereocenters. The number of anilines is 1.